The van der Waals surface area contributed by atoms with Crippen molar-refractivity contribution in [2.45, 2.75) is 6.92 Å². The maximum absolute atomic E-state index is 5.81. The van der Waals surface area contributed by atoms with Gasteiger partial charge in [0.1, 0.15) is 0 Å². The molecule has 0 amide bonds. The number of aromatic nitrogens is 3. The van der Waals surface area contributed by atoms with Crippen LogP contribution in [0.4, 0.5) is 11.6 Å². The van der Waals surface area contributed by atoms with Crippen LogP contribution in [-0.2, 0) is 0 Å². The first-order chi connectivity index (χ1) is 12.1. The van der Waals surface area contributed by atoms with E-state index < -0.39 is 0 Å². The van der Waals surface area contributed by atoms with Crippen molar-refractivity contribution in [3.05, 3.63) is 42.7 Å². The highest BCUT2D eigenvalue weighted by molar-refractivity contribution is 5.98. The van der Waals surface area contributed by atoms with Gasteiger partial charge in [0.15, 0.2) is 0 Å². The molecule has 3 aliphatic rings. The maximum Gasteiger partial charge on any atom is 0.220 e. The molecule has 0 aromatic carbocycles. The molecule has 3 heterocycles. The van der Waals surface area contributed by atoms with E-state index in [0.29, 0.717) is 5.92 Å². The van der Waals surface area contributed by atoms with E-state index in [1.165, 1.54) is 5.69 Å². The average molecular weight is 334 g/mol. The van der Waals surface area contributed by atoms with Crippen molar-refractivity contribution in [2.24, 2.45) is 11.7 Å². The monoisotopic (exact) mass is 334 g/mol. The molecule has 1 aromatic rings. The van der Waals surface area contributed by atoms with Crippen LogP contribution in [0.1, 0.15) is 12.5 Å². The van der Waals surface area contributed by atoms with Gasteiger partial charge in [-0.2, -0.15) is 0 Å². The molecule has 0 atom stereocenters. The van der Waals surface area contributed by atoms with Crippen LogP contribution >= 0.6 is 0 Å². The number of pyridine rings is 1. The number of H-pyrrole nitrogens is 1. The van der Waals surface area contributed by atoms with E-state index in [2.05, 4.69) is 38.6 Å². The van der Waals surface area contributed by atoms with Crippen molar-refractivity contribution in [3.63, 3.8) is 0 Å². The highest BCUT2D eigenvalue weighted by atomic mass is 15.2. The third-order valence-electron chi connectivity index (χ3n) is 4.84. The minimum atomic E-state index is 0.275. The second-order valence-corrected chi connectivity index (χ2v) is 6.67. The molecule has 25 heavy (non-hydrogen) atoms. The summed E-state index contributed by atoms with van der Waals surface area (Å²) in [5.74, 6) is 0.838. The highest BCUT2D eigenvalue weighted by Crippen LogP contribution is 2.46. The molecule has 0 unspecified atom stereocenters. The van der Waals surface area contributed by atoms with Crippen molar-refractivity contribution >= 4 is 17.2 Å². The topological polar surface area (TPSA) is 96.8 Å². The van der Waals surface area contributed by atoms with Crippen molar-refractivity contribution in [2.75, 3.05) is 30.3 Å². The molecule has 0 spiro atoms. The zero-order chi connectivity index (χ0) is 17.6. The van der Waals surface area contributed by atoms with Crippen molar-refractivity contribution in [1.29, 1.82) is 0 Å². The van der Waals surface area contributed by atoms with Crippen LogP contribution < -0.4 is 16.4 Å². The third kappa shape index (κ3) is 2.55. The molecule has 2 aliphatic heterocycles. The second-order valence-electron chi connectivity index (χ2n) is 6.67. The van der Waals surface area contributed by atoms with Crippen LogP contribution in [0.5, 0.6) is 0 Å². The summed E-state index contributed by atoms with van der Waals surface area (Å²) < 4.78 is 0. The number of hydrogen-bond donors (Lipinski definition) is 3. The number of anilines is 2. The number of nitrogen functional groups attached to an aromatic ring is 1. The highest BCUT2D eigenvalue weighted by Gasteiger charge is 2.31. The minimum absolute atomic E-state index is 0.275. The van der Waals surface area contributed by atoms with Crippen LogP contribution in [0.25, 0.3) is 28.1 Å². The van der Waals surface area contributed by atoms with Crippen LogP contribution in [0.3, 0.4) is 0 Å². The van der Waals surface area contributed by atoms with Crippen LogP contribution in [0, 0.1) is 5.92 Å². The molecule has 0 bridgehead atoms. The van der Waals surface area contributed by atoms with Gasteiger partial charge < -0.3 is 21.4 Å². The first-order valence-corrected chi connectivity index (χ1v) is 8.42. The van der Waals surface area contributed by atoms with E-state index in [9.17, 15) is 0 Å². The van der Waals surface area contributed by atoms with E-state index in [-0.39, 0.29) is 5.95 Å². The molecule has 128 valence electrons. The maximum atomic E-state index is 5.81. The Bertz CT molecular complexity index is 906. The van der Waals surface area contributed by atoms with Gasteiger partial charge >= 0.3 is 0 Å². The van der Waals surface area contributed by atoms with Crippen molar-refractivity contribution in [3.8, 4) is 22.5 Å². The second kappa shape index (κ2) is 5.89. The van der Waals surface area contributed by atoms with Crippen LogP contribution in [-0.4, -0.2) is 34.6 Å². The van der Waals surface area contributed by atoms with Gasteiger partial charge in [0.2, 0.25) is 5.95 Å². The molecule has 4 rings (SSSR count). The van der Waals surface area contributed by atoms with Gasteiger partial charge in [-0.25, -0.2) is 9.97 Å². The first kappa shape index (κ1) is 15.7. The van der Waals surface area contributed by atoms with Gasteiger partial charge in [0, 0.05) is 53.8 Å². The summed E-state index contributed by atoms with van der Waals surface area (Å²) in [6.45, 7) is 8.83. The standard InChI is InChI=1S/C19H22N6/c1-11(2)13-7-14(15-3-5-23-19(21)24-15)17-16(4-6-22-18(13)17)25-9-12(8-20)10-25/h3-7,12,22H,1,8-10,20H2,2H3,(H2,21,23,24). The molecule has 0 radical (unpaired) electrons. The van der Waals surface area contributed by atoms with E-state index in [4.69, 9.17) is 11.5 Å². The molecular formula is C19H22N6. The molecule has 0 saturated carbocycles. The lowest BCUT2D eigenvalue weighted by atomic mass is 9.96. The van der Waals surface area contributed by atoms with E-state index in [1.54, 1.807) is 6.20 Å². The van der Waals surface area contributed by atoms with Crippen LogP contribution in [0.15, 0.2) is 37.2 Å². The van der Waals surface area contributed by atoms with Gasteiger partial charge in [-0.15, -0.1) is 0 Å². The number of allylic oxidation sites excluding steroid dienone is 1. The predicted molar refractivity (Wildman–Crippen MR) is 102 cm³/mol. The zero-order valence-corrected chi connectivity index (χ0v) is 14.3. The quantitative estimate of drug-likeness (QED) is 0.681. The fourth-order valence-electron chi connectivity index (χ4n) is 3.50. The number of nitrogens with two attached hydrogens (primary N) is 2. The number of hydrogen-bond acceptors (Lipinski definition) is 5. The average Bonchev–Trinajstić information content (AvgIpc) is 2.94. The molecular weight excluding hydrogens is 312 g/mol. The Morgan fingerprint density at radius 1 is 1.40 bits per heavy atom. The Balaban J connectivity index is 1.90. The minimum Gasteiger partial charge on any atom is -0.370 e. The van der Waals surface area contributed by atoms with Gasteiger partial charge in [-0.3, -0.25) is 0 Å². The molecule has 1 fully saturated rings. The fourth-order valence-corrected chi connectivity index (χ4v) is 3.50. The zero-order valence-electron chi connectivity index (χ0n) is 14.3. The lowest BCUT2D eigenvalue weighted by Crippen LogP contribution is -2.50. The molecule has 5 N–H and O–H groups in total. The summed E-state index contributed by atoms with van der Waals surface area (Å²) in [5, 5.41) is 0. The van der Waals surface area contributed by atoms with E-state index in [0.717, 1.165) is 53.3 Å². The fraction of sp³-hybridized carbons (Fsp3) is 0.263. The lowest BCUT2D eigenvalue weighted by Gasteiger charge is -2.41. The Kier molecular flexibility index (Phi) is 3.69. The Morgan fingerprint density at radius 3 is 2.88 bits per heavy atom. The Labute approximate surface area is 146 Å². The number of nitrogens with zero attached hydrogens (tertiary/aromatic N) is 3. The molecule has 1 saturated heterocycles. The normalized spacial score (nSPS) is 14.7. The predicted octanol–water partition coefficient (Wildman–Crippen LogP) is 2.59. The Morgan fingerprint density at radius 2 is 2.20 bits per heavy atom. The SMILES string of the molecule is C=C(C)c1cc(-c2ccnc(N)n2)c2c(N3CC(CN)C3)cc[nH]c1-2. The summed E-state index contributed by atoms with van der Waals surface area (Å²) in [6, 6.07) is 6.14. The smallest absolute Gasteiger partial charge is 0.220 e. The summed E-state index contributed by atoms with van der Waals surface area (Å²) in [7, 11) is 0. The van der Waals surface area contributed by atoms with Gasteiger partial charge in [0.25, 0.3) is 0 Å². The lowest BCUT2D eigenvalue weighted by molar-refractivity contribution is 0.420. The molecule has 6 nitrogen and oxygen atoms in total. The molecule has 1 aliphatic carbocycles. The van der Waals surface area contributed by atoms with Gasteiger partial charge in [-0.1, -0.05) is 6.58 Å². The number of fused-ring (bicyclic) bond motifs is 1. The van der Waals surface area contributed by atoms with Gasteiger partial charge in [0.05, 0.1) is 11.4 Å². The van der Waals surface area contributed by atoms with Crippen molar-refractivity contribution < 1.29 is 0 Å². The first-order valence-electron chi connectivity index (χ1n) is 8.42. The number of rotatable bonds is 4. The van der Waals surface area contributed by atoms with Gasteiger partial charge in [-0.05, 0) is 37.2 Å². The van der Waals surface area contributed by atoms with E-state index in [1.807, 2.05) is 19.2 Å². The van der Waals surface area contributed by atoms with Crippen LogP contribution in [0.2, 0.25) is 0 Å². The largest absolute Gasteiger partial charge is 0.370 e. The summed E-state index contributed by atoms with van der Waals surface area (Å²) in [6.07, 6.45) is 3.68. The molecule has 6 heteroatoms. The number of nitrogens with one attached hydrogen (secondary N) is 1. The van der Waals surface area contributed by atoms with E-state index >= 15 is 0 Å². The summed E-state index contributed by atoms with van der Waals surface area (Å²) >= 11 is 0. The number of aromatic amines is 1. The van der Waals surface area contributed by atoms with Crippen molar-refractivity contribution in [1.82, 2.24) is 15.0 Å². The molecule has 1 aromatic heterocycles. The summed E-state index contributed by atoms with van der Waals surface area (Å²) in [4.78, 5) is 14.2. The third-order valence-corrected chi connectivity index (χ3v) is 4.84. The Hall–Kier alpha value is -2.86. The summed E-state index contributed by atoms with van der Waals surface area (Å²) in [5.41, 5.74) is 19.0.